The van der Waals surface area contributed by atoms with Crippen LogP contribution in [0.5, 0.6) is 0 Å². The molecule has 0 N–H and O–H groups in total. The minimum absolute atomic E-state index is 0.224. The van der Waals surface area contributed by atoms with Crippen molar-refractivity contribution in [3.63, 3.8) is 0 Å². The Bertz CT molecular complexity index is 525. The second-order valence-electron chi connectivity index (χ2n) is 6.02. The molecule has 0 saturated carbocycles. The number of nitrogens with zero attached hydrogens (tertiary/aromatic N) is 2. The van der Waals surface area contributed by atoms with E-state index in [1.54, 1.807) is 0 Å². The molecule has 126 valence electrons. The first kappa shape index (κ1) is 18.0. The van der Waals surface area contributed by atoms with Gasteiger partial charge in [0.15, 0.2) is 0 Å². The summed E-state index contributed by atoms with van der Waals surface area (Å²) < 4.78 is 8.25. The van der Waals surface area contributed by atoms with Gasteiger partial charge in [-0.3, -0.25) is 0 Å². The van der Waals surface area contributed by atoms with Crippen LogP contribution < -0.4 is 0 Å². The van der Waals surface area contributed by atoms with Crippen molar-refractivity contribution < 1.29 is 4.74 Å². The number of ether oxygens (including phenoxy) is 1. The fraction of sp³-hybridized carbons (Fsp3) is 0.526. The van der Waals surface area contributed by atoms with E-state index in [2.05, 4.69) is 16.5 Å². The molecule has 0 amide bonds. The van der Waals surface area contributed by atoms with Crippen LogP contribution in [0, 0.1) is 0 Å². The maximum absolute atomic E-state index is 6.16. The van der Waals surface area contributed by atoms with Crippen LogP contribution in [0.1, 0.15) is 51.0 Å². The normalized spacial score (nSPS) is 12.4. The minimum Gasteiger partial charge on any atom is -0.372 e. The number of rotatable bonds is 11. The zero-order valence-electron chi connectivity index (χ0n) is 14.0. The van der Waals surface area contributed by atoms with Crippen molar-refractivity contribution in [2.75, 3.05) is 0 Å². The molecule has 1 unspecified atom stereocenters. The quantitative estimate of drug-likeness (QED) is 0.508. The lowest BCUT2D eigenvalue weighted by Crippen LogP contribution is -2.19. The van der Waals surface area contributed by atoms with E-state index in [0.717, 1.165) is 23.6 Å². The van der Waals surface area contributed by atoms with Gasteiger partial charge in [0.2, 0.25) is 0 Å². The topological polar surface area (TPSA) is 27.1 Å². The van der Waals surface area contributed by atoms with Crippen LogP contribution in [0.25, 0.3) is 0 Å². The van der Waals surface area contributed by atoms with E-state index < -0.39 is 0 Å². The fourth-order valence-electron chi connectivity index (χ4n) is 2.63. The van der Waals surface area contributed by atoms with Crippen LogP contribution in [0.3, 0.4) is 0 Å². The Kier molecular flexibility index (Phi) is 8.19. The van der Waals surface area contributed by atoms with Gasteiger partial charge in [0.05, 0.1) is 19.0 Å². The van der Waals surface area contributed by atoms with Gasteiger partial charge in [-0.05, 0) is 24.1 Å². The molecule has 1 atom stereocenters. The first-order valence-corrected chi connectivity index (χ1v) is 8.97. The molecule has 0 radical (unpaired) electrons. The number of imidazole rings is 1. The van der Waals surface area contributed by atoms with Crippen LogP contribution in [0.2, 0.25) is 5.02 Å². The smallest absolute Gasteiger partial charge is 0.0946 e. The number of benzene rings is 1. The van der Waals surface area contributed by atoms with E-state index in [1.807, 2.05) is 43.0 Å². The van der Waals surface area contributed by atoms with Gasteiger partial charge in [-0.1, -0.05) is 62.8 Å². The van der Waals surface area contributed by atoms with Gasteiger partial charge in [-0.2, -0.15) is 0 Å². The Morgan fingerprint density at radius 3 is 2.61 bits per heavy atom. The van der Waals surface area contributed by atoms with Gasteiger partial charge in [0.25, 0.3) is 0 Å². The summed E-state index contributed by atoms with van der Waals surface area (Å²) in [5, 5.41) is 0.764. The van der Waals surface area contributed by atoms with Crippen LogP contribution in [0.4, 0.5) is 0 Å². The summed E-state index contributed by atoms with van der Waals surface area (Å²) in [6.45, 7) is 3.74. The van der Waals surface area contributed by atoms with Gasteiger partial charge in [-0.25, -0.2) is 4.98 Å². The molecule has 0 saturated heterocycles. The summed E-state index contributed by atoms with van der Waals surface area (Å²) in [6, 6.07) is 7.88. The Morgan fingerprint density at radius 1 is 1.13 bits per heavy atom. The second kappa shape index (κ2) is 10.5. The molecule has 2 rings (SSSR count). The van der Waals surface area contributed by atoms with E-state index >= 15 is 0 Å². The molecule has 1 aromatic carbocycles. The zero-order chi connectivity index (χ0) is 16.3. The van der Waals surface area contributed by atoms with Gasteiger partial charge in [0.1, 0.15) is 0 Å². The Hall–Kier alpha value is -1.32. The average Bonchev–Trinajstić information content (AvgIpc) is 3.06. The van der Waals surface area contributed by atoms with Gasteiger partial charge >= 0.3 is 0 Å². The standard InChI is InChI=1S/C19H27ClN2O/c1-2-3-4-5-6-7-19(14-22-13-12-21-16-22)23-15-17-8-10-18(20)11-9-17/h8-13,16,19H,2-7,14-15H2,1H3. The van der Waals surface area contributed by atoms with Crippen molar-refractivity contribution in [1.29, 1.82) is 0 Å². The zero-order valence-corrected chi connectivity index (χ0v) is 14.7. The maximum atomic E-state index is 6.16. The SMILES string of the molecule is CCCCCCCC(Cn1ccnc1)OCc1ccc(Cl)cc1. The van der Waals surface area contributed by atoms with Gasteiger partial charge in [0, 0.05) is 24.0 Å². The predicted molar refractivity (Wildman–Crippen MR) is 95.6 cm³/mol. The molecule has 0 spiro atoms. The first-order valence-electron chi connectivity index (χ1n) is 8.59. The number of unbranched alkanes of at least 4 members (excludes halogenated alkanes) is 4. The second-order valence-corrected chi connectivity index (χ2v) is 6.46. The van der Waals surface area contributed by atoms with E-state index in [9.17, 15) is 0 Å². The molecule has 1 heterocycles. The molecule has 2 aromatic rings. The van der Waals surface area contributed by atoms with Crippen LogP contribution >= 0.6 is 11.6 Å². The molecular formula is C19H27ClN2O. The number of hydrogen-bond acceptors (Lipinski definition) is 2. The molecule has 23 heavy (non-hydrogen) atoms. The highest BCUT2D eigenvalue weighted by atomic mass is 35.5. The number of halogens is 1. The Morgan fingerprint density at radius 2 is 1.91 bits per heavy atom. The molecule has 0 aliphatic carbocycles. The summed E-state index contributed by atoms with van der Waals surface area (Å²) in [7, 11) is 0. The highest BCUT2D eigenvalue weighted by Crippen LogP contribution is 2.15. The van der Waals surface area contributed by atoms with Crippen LogP contribution in [0.15, 0.2) is 43.0 Å². The summed E-state index contributed by atoms with van der Waals surface area (Å²) in [4.78, 5) is 4.12. The van der Waals surface area contributed by atoms with Crippen molar-refractivity contribution >= 4 is 11.6 Å². The third kappa shape index (κ3) is 7.19. The van der Waals surface area contributed by atoms with E-state index in [1.165, 1.54) is 32.1 Å². The molecule has 1 aromatic heterocycles. The lowest BCUT2D eigenvalue weighted by atomic mass is 10.1. The largest absolute Gasteiger partial charge is 0.372 e. The lowest BCUT2D eigenvalue weighted by Gasteiger charge is -2.18. The van der Waals surface area contributed by atoms with Crippen molar-refractivity contribution in [3.8, 4) is 0 Å². The summed E-state index contributed by atoms with van der Waals surface area (Å²) in [5.41, 5.74) is 1.16. The third-order valence-electron chi connectivity index (χ3n) is 4.00. The lowest BCUT2D eigenvalue weighted by molar-refractivity contribution is 0.0221. The maximum Gasteiger partial charge on any atom is 0.0946 e. The highest BCUT2D eigenvalue weighted by molar-refractivity contribution is 6.30. The molecule has 0 aliphatic rings. The fourth-order valence-corrected chi connectivity index (χ4v) is 2.75. The monoisotopic (exact) mass is 334 g/mol. The van der Waals surface area contributed by atoms with Gasteiger partial charge in [-0.15, -0.1) is 0 Å². The molecular weight excluding hydrogens is 308 g/mol. The van der Waals surface area contributed by atoms with Crippen molar-refractivity contribution in [2.24, 2.45) is 0 Å². The Labute approximate surface area is 144 Å². The molecule has 0 fully saturated rings. The minimum atomic E-state index is 0.224. The van der Waals surface area contributed by atoms with E-state index in [-0.39, 0.29) is 6.10 Å². The van der Waals surface area contributed by atoms with Crippen LogP contribution in [-0.4, -0.2) is 15.7 Å². The number of hydrogen-bond donors (Lipinski definition) is 0. The molecule has 0 aliphatic heterocycles. The molecule has 4 heteroatoms. The van der Waals surface area contributed by atoms with Gasteiger partial charge < -0.3 is 9.30 Å². The summed E-state index contributed by atoms with van der Waals surface area (Å²) >= 11 is 5.93. The summed E-state index contributed by atoms with van der Waals surface area (Å²) in [5.74, 6) is 0. The average molecular weight is 335 g/mol. The first-order chi connectivity index (χ1) is 11.3. The summed E-state index contributed by atoms with van der Waals surface area (Å²) in [6.07, 6.45) is 13.4. The Balaban J connectivity index is 1.80. The molecule has 3 nitrogen and oxygen atoms in total. The van der Waals surface area contributed by atoms with Crippen molar-refractivity contribution in [1.82, 2.24) is 9.55 Å². The highest BCUT2D eigenvalue weighted by Gasteiger charge is 2.10. The van der Waals surface area contributed by atoms with Crippen molar-refractivity contribution in [3.05, 3.63) is 53.6 Å². The third-order valence-corrected chi connectivity index (χ3v) is 4.25. The van der Waals surface area contributed by atoms with Crippen molar-refractivity contribution in [2.45, 2.75) is 64.7 Å². The van der Waals surface area contributed by atoms with E-state index in [0.29, 0.717) is 6.61 Å². The van der Waals surface area contributed by atoms with E-state index in [4.69, 9.17) is 16.3 Å². The molecule has 0 bridgehead atoms. The number of aromatic nitrogens is 2. The van der Waals surface area contributed by atoms with Crippen LogP contribution in [-0.2, 0) is 17.9 Å². The predicted octanol–water partition coefficient (Wildman–Crippen LogP) is 5.48.